The van der Waals surface area contributed by atoms with E-state index in [1.165, 1.54) is 22.4 Å². The van der Waals surface area contributed by atoms with Crippen molar-refractivity contribution in [1.29, 1.82) is 0 Å². The second kappa shape index (κ2) is 9.86. The van der Waals surface area contributed by atoms with E-state index < -0.39 is 0 Å². The van der Waals surface area contributed by atoms with Gasteiger partial charge in [-0.25, -0.2) is 0 Å². The number of carbonyl (C=O) groups is 1. The molecule has 2 aliphatic rings. The number of piperazine rings is 1. The van der Waals surface area contributed by atoms with Gasteiger partial charge in [-0.15, -0.1) is 0 Å². The van der Waals surface area contributed by atoms with Gasteiger partial charge in [0.2, 0.25) is 5.91 Å². The van der Waals surface area contributed by atoms with Crippen molar-refractivity contribution in [3.05, 3.63) is 65.2 Å². The number of nitrogens with zero attached hydrogens (tertiary/aromatic N) is 4. The van der Waals surface area contributed by atoms with Crippen LogP contribution >= 0.6 is 0 Å². The molecule has 0 atom stereocenters. The summed E-state index contributed by atoms with van der Waals surface area (Å²) in [6, 6.07) is 17.0. The summed E-state index contributed by atoms with van der Waals surface area (Å²) in [6.07, 6.45) is 1.38. The Morgan fingerprint density at radius 3 is 2.32 bits per heavy atom. The first-order valence-electron chi connectivity index (χ1n) is 11.3. The molecular formula is C25H33N5O. The Labute approximate surface area is 185 Å². The zero-order valence-electron chi connectivity index (χ0n) is 18.7. The Morgan fingerprint density at radius 2 is 1.68 bits per heavy atom. The lowest BCUT2D eigenvalue weighted by molar-refractivity contribution is -0.131. The quantitative estimate of drug-likeness (QED) is 0.460. The van der Waals surface area contributed by atoms with Gasteiger partial charge in [0.15, 0.2) is 5.96 Å². The molecule has 0 radical (unpaired) electrons. The van der Waals surface area contributed by atoms with Crippen molar-refractivity contribution in [2.75, 3.05) is 44.7 Å². The van der Waals surface area contributed by atoms with Gasteiger partial charge in [-0.05, 0) is 42.2 Å². The Hall–Kier alpha value is -3.02. The summed E-state index contributed by atoms with van der Waals surface area (Å²) >= 11 is 0. The molecule has 2 aromatic carbocycles. The summed E-state index contributed by atoms with van der Waals surface area (Å²) in [4.78, 5) is 23.7. The maximum Gasteiger partial charge on any atom is 0.223 e. The Balaban J connectivity index is 1.18. The van der Waals surface area contributed by atoms with Gasteiger partial charge in [0.1, 0.15) is 0 Å². The molecule has 0 unspecified atom stereocenters. The van der Waals surface area contributed by atoms with Crippen LogP contribution < -0.4 is 10.2 Å². The Morgan fingerprint density at radius 1 is 0.968 bits per heavy atom. The number of amides is 1. The molecule has 2 aromatic rings. The Kier molecular flexibility index (Phi) is 6.75. The van der Waals surface area contributed by atoms with Crippen LogP contribution in [0.15, 0.2) is 53.5 Å². The van der Waals surface area contributed by atoms with E-state index >= 15 is 0 Å². The van der Waals surface area contributed by atoms with Gasteiger partial charge >= 0.3 is 0 Å². The number of hydrogen-bond donors (Lipinski definition) is 1. The van der Waals surface area contributed by atoms with Crippen LogP contribution in [0.4, 0.5) is 5.69 Å². The number of anilines is 1. The molecule has 1 amide bonds. The molecule has 2 aliphatic heterocycles. The minimum absolute atomic E-state index is 0.236. The lowest BCUT2D eigenvalue weighted by atomic mass is 10.1. The highest BCUT2D eigenvalue weighted by molar-refractivity contribution is 5.80. The second-order valence-electron chi connectivity index (χ2n) is 8.41. The fourth-order valence-corrected chi connectivity index (χ4v) is 4.44. The third-order valence-electron chi connectivity index (χ3n) is 6.20. The van der Waals surface area contributed by atoms with Gasteiger partial charge in [-0.1, -0.05) is 36.4 Å². The van der Waals surface area contributed by atoms with Gasteiger partial charge in [0.05, 0.1) is 0 Å². The average molecular weight is 420 g/mol. The smallest absolute Gasteiger partial charge is 0.223 e. The predicted molar refractivity (Wildman–Crippen MR) is 126 cm³/mol. The summed E-state index contributed by atoms with van der Waals surface area (Å²) in [5, 5.41) is 3.45. The number of fused-ring (bicyclic) bond motifs is 1. The maximum atomic E-state index is 12.6. The second-order valence-corrected chi connectivity index (χ2v) is 8.41. The van der Waals surface area contributed by atoms with Crippen molar-refractivity contribution in [1.82, 2.24) is 15.1 Å². The molecule has 2 heterocycles. The molecule has 1 saturated heterocycles. The van der Waals surface area contributed by atoms with Crippen LogP contribution in [0.5, 0.6) is 0 Å². The highest BCUT2D eigenvalue weighted by atomic mass is 16.2. The zero-order valence-corrected chi connectivity index (χ0v) is 18.7. The van der Waals surface area contributed by atoms with Crippen molar-refractivity contribution < 1.29 is 4.79 Å². The summed E-state index contributed by atoms with van der Waals surface area (Å²) in [5.74, 6) is 1.17. The number of aryl methyl sites for hydroxylation is 1. The monoisotopic (exact) mass is 419 g/mol. The Bertz CT molecular complexity index is 908. The third-order valence-corrected chi connectivity index (χ3v) is 6.20. The lowest BCUT2D eigenvalue weighted by Gasteiger charge is -2.37. The average Bonchev–Trinajstić information content (AvgIpc) is 3.24. The van der Waals surface area contributed by atoms with Crippen LogP contribution in [-0.2, 0) is 17.9 Å². The summed E-state index contributed by atoms with van der Waals surface area (Å²) in [6.45, 7) is 8.24. The van der Waals surface area contributed by atoms with E-state index in [1.54, 1.807) is 0 Å². The number of guanidine groups is 1. The largest absolute Gasteiger partial charge is 0.368 e. The van der Waals surface area contributed by atoms with Gasteiger partial charge in [-0.3, -0.25) is 9.79 Å². The van der Waals surface area contributed by atoms with Crippen LogP contribution in [-0.4, -0.2) is 61.4 Å². The zero-order chi connectivity index (χ0) is 21.6. The number of carbonyl (C=O) groups excluding carboxylic acids is 1. The molecule has 0 bridgehead atoms. The fourth-order valence-electron chi connectivity index (χ4n) is 4.44. The van der Waals surface area contributed by atoms with E-state index in [0.29, 0.717) is 6.42 Å². The third kappa shape index (κ3) is 5.19. The van der Waals surface area contributed by atoms with Crippen LogP contribution in [0, 0.1) is 6.92 Å². The fraction of sp³-hybridized carbons (Fsp3) is 0.440. The maximum absolute atomic E-state index is 12.6. The van der Waals surface area contributed by atoms with E-state index in [9.17, 15) is 4.79 Å². The van der Waals surface area contributed by atoms with Crippen molar-refractivity contribution >= 4 is 17.6 Å². The first-order chi connectivity index (χ1) is 15.1. The number of nitrogens with one attached hydrogen (secondary N) is 1. The minimum atomic E-state index is 0.236. The number of hydrogen-bond acceptors (Lipinski definition) is 3. The molecule has 6 heteroatoms. The van der Waals surface area contributed by atoms with Crippen molar-refractivity contribution in [2.24, 2.45) is 4.99 Å². The van der Waals surface area contributed by atoms with E-state index in [2.05, 4.69) is 63.4 Å². The molecule has 164 valence electrons. The van der Waals surface area contributed by atoms with Gasteiger partial charge in [0, 0.05) is 65.0 Å². The number of benzene rings is 2. The van der Waals surface area contributed by atoms with Crippen molar-refractivity contribution in [3.63, 3.8) is 0 Å². The molecule has 31 heavy (non-hydrogen) atoms. The molecule has 0 spiro atoms. The number of rotatable bonds is 5. The number of aliphatic imine (C=N–C) groups is 1. The summed E-state index contributed by atoms with van der Waals surface area (Å²) in [7, 11) is 1.84. The normalized spacial score (nSPS) is 16.5. The van der Waals surface area contributed by atoms with E-state index in [0.717, 1.165) is 58.2 Å². The molecule has 0 aromatic heterocycles. The van der Waals surface area contributed by atoms with E-state index in [1.807, 2.05) is 24.1 Å². The van der Waals surface area contributed by atoms with Crippen LogP contribution in [0.1, 0.15) is 29.5 Å². The highest BCUT2D eigenvalue weighted by Gasteiger charge is 2.23. The van der Waals surface area contributed by atoms with Gasteiger partial charge in [0.25, 0.3) is 0 Å². The van der Waals surface area contributed by atoms with Crippen molar-refractivity contribution in [2.45, 2.75) is 32.9 Å². The van der Waals surface area contributed by atoms with Crippen LogP contribution in [0.3, 0.4) is 0 Å². The van der Waals surface area contributed by atoms with Crippen LogP contribution in [0.25, 0.3) is 0 Å². The van der Waals surface area contributed by atoms with Crippen molar-refractivity contribution in [3.8, 4) is 0 Å². The minimum Gasteiger partial charge on any atom is -0.368 e. The molecule has 4 rings (SSSR count). The molecule has 1 fully saturated rings. The van der Waals surface area contributed by atoms with Gasteiger partial charge in [-0.2, -0.15) is 0 Å². The molecule has 0 aliphatic carbocycles. The molecule has 1 N–H and O–H groups in total. The highest BCUT2D eigenvalue weighted by Crippen LogP contribution is 2.23. The summed E-state index contributed by atoms with van der Waals surface area (Å²) < 4.78 is 0. The van der Waals surface area contributed by atoms with E-state index in [-0.39, 0.29) is 5.91 Å². The standard InChI is InChI=1S/C25H33N5O/c1-20-7-5-10-23(17-20)28-13-15-29(16-14-28)25(26-2)27-12-6-11-24(31)30-18-21-8-3-4-9-22(21)19-30/h3-5,7-10,17H,6,11-16,18-19H2,1-2H3,(H,26,27). The first-order valence-corrected chi connectivity index (χ1v) is 11.3. The van der Waals surface area contributed by atoms with E-state index in [4.69, 9.17) is 0 Å². The molecule has 0 saturated carbocycles. The molecular weight excluding hydrogens is 386 g/mol. The van der Waals surface area contributed by atoms with Crippen LogP contribution in [0.2, 0.25) is 0 Å². The SMILES string of the molecule is CN=C(NCCCC(=O)N1Cc2ccccc2C1)N1CCN(c2cccc(C)c2)CC1. The topological polar surface area (TPSA) is 51.2 Å². The first kappa shape index (κ1) is 21.2. The predicted octanol–water partition coefficient (Wildman–Crippen LogP) is 3.02. The van der Waals surface area contributed by atoms with Gasteiger partial charge < -0.3 is 20.0 Å². The lowest BCUT2D eigenvalue weighted by Crippen LogP contribution is -2.52. The summed E-state index contributed by atoms with van der Waals surface area (Å²) in [5.41, 5.74) is 5.15. The molecule has 6 nitrogen and oxygen atoms in total.